The second-order valence-corrected chi connectivity index (χ2v) is 6.36. The van der Waals surface area contributed by atoms with Crippen LogP contribution in [0.25, 0.3) is 21.5 Å². The number of aliphatic hydroxyl groups is 3. The van der Waals surface area contributed by atoms with Gasteiger partial charge in [-0.25, -0.2) is 0 Å². The van der Waals surface area contributed by atoms with E-state index in [9.17, 15) is 15.3 Å². The highest BCUT2D eigenvalue weighted by atomic mass is 16.4. The molecule has 3 aromatic rings. The molecule has 4 atom stereocenters. The van der Waals surface area contributed by atoms with Gasteiger partial charge in [-0.3, -0.25) is 0 Å². The summed E-state index contributed by atoms with van der Waals surface area (Å²) in [6.07, 6.45) is -3.58. The van der Waals surface area contributed by atoms with E-state index in [1.807, 2.05) is 31.2 Å². The molecule has 1 aliphatic carbocycles. The smallest absolute Gasteiger partial charge is 0.112 e. The van der Waals surface area contributed by atoms with E-state index in [0.29, 0.717) is 5.56 Å². The minimum Gasteiger partial charge on any atom is -0.388 e. The highest BCUT2D eigenvalue weighted by Crippen LogP contribution is 2.42. The Hall–Kier alpha value is -1.98. The number of rotatable bonds is 0. The molecule has 0 saturated carbocycles. The van der Waals surface area contributed by atoms with Crippen molar-refractivity contribution in [2.75, 3.05) is 0 Å². The number of nitrogens with two attached hydrogens (primary N) is 1. The Morgan fingerprint density at radius 3 is 2.43 bits per heavy atom. The van der Waals surface area contributed by atoms with Crippen molar-refractivity contribution in [3.05, 3.63) is 59.2 Å². The summed E-state index contributed by atoms with van der Waals surface area (Å²) in [6, 6.07) is 13.2. The van der Waals surface area contributed by atoms with Crippen molar-refractivity contribution < 1.29 is 15.3 Å². The second-order valence-electron chi connectivity index (χ2n) is 6.36. The van der Waals surface area contributed by atoms with Gasteiger partial charge in [0.05, 0.1) is 6.04 Å². The quantitative estimate of drug-likeness (QED) is 0.479. The van der Waals surface area contributed by atoms with Crippen molar-refractivity contribution in [1.82, 2.24) is 0 Å². The summed E-state index contributed by atoms with van der Waals surface area (Å²) >= 11 is 0. The Bertz CT molecular complexity index is 921. The molecule has 4 heteroatoms. The molecule has 0 radical (unpaired) electrons. The summed E-state index contributed by atoms with van der Waals surface area (Å²) in [4.78, 5) is 0. The largest absolute Gasteiger partial charge is 0.388 e. The Morgan fingerprint density at radius 2 is 1.65 bits per heavy atom. The third-order valence-corrected chi connectivity index (χ3v) is 4.99. The topological polar surface area (TPSA) is 86.7 Å². The van der Waals surface area contributed by atoms with Crippen molar-refractivity contribution in [3.8, 4) is 0 Å². The molecule has 23 heavy (non-hydrogen) atoms. The molecule has 0 amide bonds. The maximum Gasteiger partial charge on any atom is 0.112 e. The van der Waals surface area contributed by atoms with Crippen LogP contribution >= 0.6 is 0 Å². The standard InChI is InChI=1S/C19H19NO3/c1-9-8-10-4-2-3-5-11(10)12-6-7-13-15(14(9)12)16(20)18(22)19(23)17(13)21/h2-8,16-19,21-23H,20H2,1H3/t16-,17+,18+,19-/m0/s1. The van der Waals surface area contributed by atoms with Crippen LogP contribution in [-0.4, -0.2) is 27.5 Å². The summed E-state index contributed by atoms with van der Waals surface area (Å²) in [7, 11) is 0. The molecule has 0 aliphatic heterocycles. The van der Waals surface area contributed by atoms with Crippen LogP contribution in [0.1, 0.15) is 28.8 Å². The molecule has 0 bridgehead atoms. The van der Waals surface area contributed by atoms with E-state index in [-0.39, 0.29) is 0 Å². The Kier molecular flexibility index (Phi) is 3.18. The monoisotopic (exact) mass is 309 g/mol. The van der Waals surface area contributed by atoms with Crippen molar-refractivity contribution in [3.63, 3.8) is 0 Å². The van der Waals surface area contributed by atoms with Gasteiger partial charge in [-0.15, -0.1) is 0 Å². The van der Waals surface area contributed by atoms with Crippen molar-refractivity contribution in [2.45, 2.75) is 31.3 Å². The normalized spacial score (nSPS) is 27.3. The highest BCUT2D eigenvalue weighted by molar-refractivity contribution is 6.10. The fraction of sp³-hybridized carbons (Fsp3) is 0.263. The highest BCUT2D eigenvalue weighted by Gasteiger charge is 2.39. The zero-order chi connectivity index (χ0) is 16.3. The third-order valence-electron chi connectivity index (χ3n) is 4.99. The van der Waals surface area contributed by atoms with Crippen LogP contribution in [-0.2, 0) is 0 Å². The van der Waals surface area contributed by atoms with Crippen LogP contribution in [0.5, 0.6) is 0 Å². The maximum absolute atomic E-state index is 10.3. The van der Waals surface area contributed by atoms with Gasteiger partial charge in [0.2, 0.25) is 0 Å². The summed E-state index contributed by atoms with van der Waals surface area (Å²) in [5.74, 6) is 0. The summed E-state index contributed by atoms with van der Waals surface area (Å²) in [5, 5.41) is 34.8. The van der Waals surface area contributed by atoms with E-state index in [2.05, 4.69) is 18.2 Å². The van der Waals surface area contributed by atoms with Crippen LogP contribution in [0.3, 0.4) is 0 Å². The second kappa shape index (κ2) is 5.01. The van der Waals surface area contributed by atoms with Gasteiger partial charge in [-0.2, -0.15) is 0 Å². The summed E-state index contributed by atoms with van der Waals surface area (Å²) in [6.45, 7) is 2.01. The zero-order valence-corrected chi connectivity index (χ0v) is 12.8. The maximum atomic E-state index is 10.3. The molecular formula is C19H19NO3. The molecule has 5 N–H and O–H groups in total. The van der Waals surface area contributed by atoms with Crippen LogP contribution in [0.2, 0.25) is 0 Å². The van der Waals surface area contributed by atoms with Crippen molar-refractivity contribution >= 4 is 21.5 Å². The van der Waals surface area contributed by atoms with E-state index in [4.69, 9.17) is 5.73 Å². The van der Waals surface area contributed by atoms with Gasteiger partial charge in [0, 0.05) is 0 Å². The van der Waals surface area contributed by atoms with E-state index < -0.39 is 24.4 Å². The average molecular weight is 309 g/mol. The first-order valence-electron chi connectivity index (χ1n) is 7.75. The molecule has 1 aliphatic rings. The summed E-state index contributed by atoms with van der Waals surface area (Å²) < 4.78 is 0. The molecule has 0 aromatic heterocycles. The zero-order valence-electron chi connectivity index (χ0n) is 12.8. The molecule has 0 heterocycles. The fourth-order valence-electron chi connectivity index (χ4n) is 3.83. The SMILES string of the molecule is Cc1cc2ccccc2c2ccc3c(c12)[C@H](N)[C@@H](O)[C@@H](O)[C@@H]3O. The summed E-state index contributed by atoms with van der Waals surface area (Å²) in [5.41, 5.74) is 8.57. The lowest BCUT2D eigenvalue weighted by Gasteiger charge is -2.36. The fourth-order valence-corrected chi connectivity index (χ4v) is 3.83. The number of aryl methyl sites for hydroxylation is 1. The van der Waals surface area contributed by atoms with E-state index >= 15 is 0 Å². The van der Waals surface area contributed by atoms with Gasteiger partial charge in [0.25, 0.3) is 0 Å². The lowest BCUT2D eigenvalue weighted by atomic mass is 9.78. The Labute approximate surface area is 133 Å². The first kappa shape index (κ1) is 14.6. The van der Waals surface area contributed by atoms with Crippen LogP contribution in [0, 0.1) is 6.92 Å². The molecule has 0 unspecified atom stereocenters. The Balaban J connectivity index is 2.16. The van der Waals surface area contributed by atoms with E-state index in [1.54, 1.807) is 0 Å². The predicted octanol–water partition coefficient (Wildman–Crippen LogP) is 2.07. The first-order chi connectivity index (χ1) is 11.0. The average Bonchev–Trinajstić information content (AvgIpc) is 2.57. The van der Waals surface area contributed by atoms with Gasteiger partial charge in [0.1, 0.15) is 18.3 Å². The number of aliphatic hydroxyl groups excluding tert-OH is 3. The van der Waals surface area contributed by atoms with E-state index in [1.165, 1.54) is 0 Å². The number of fused-ring (bicyclic) bond motifs is 5. The van der Waals surface area contributed by atoms with Gasteiger partial charge >= 0.3 is 0 Å². The lowest BCUT2D eigenvalue weighted by molar-refractivity contribution is -0.0794. The minimum atomic E-state index is -1.27. The molecular weight excluding hydrogens is 290 g/mol. The minimum absolute atomic E-state index is 0.598. The van der Waals surface area contributed by atoms with Crippen LogP contribution in [0.15, 0.2) is 42.5 Å². The molecule has 118 valence electrons. The van der Waals surface area contributed by atoms with Gasteiger partial charge in [0.15, 0.2) is 0 Å². The van der Waals surface area contributed by atoms with Crippen LogP contribution in [0.4, 0.5) is 0 Å². The molecule has 0 saturated heterocycles. The van der Waals surface area contributed by atoms with Gasteiger partial charge < -0.3 is 21.1 Å². The van der Waals surface area contributed by atoms with Gasteiger partial charge in [-0.05, 0) is 45.2 Å². The molecule has 0 spiro atoms. The lowest BCUT2D eigenvalue weighted by Crippen LogP contribution is -2.45. The van der Waals surface area contributed by atoms with Crippen molar-refractivity contribution in [2.24, 2.45) is 5.73 Å². The molecule has 0 fully saturated rings. The number of benzene rings is 3. The van der Waals surface area contributed by atoms with E-state index in [0.717, 1.165) is 32.7 Å². The molecule has 4 nitrogen and oxygen atoms in total. The number of hydrogen-bond donors (Lipinski definition) is 4. The Morgan fingerprint density at radius 1 is 0.913 bits per heavy atom. The molecule has 3 aromatic carbocycles. The predicted molar refractivity (Wildman–Crippen MR) is 90.1 cm³/mol. The van der Waals surface area contributed by atoms with Crippen LogP contribution < -0.4 is 5.73 Å². The van der Waals surface area contributed by atoms with Crippen molar-refractivity contribution in [1.29, 1.82) is 0 Å². The first-order valence-corrected chi connectivity index (χ1v) is 7.75. The number of hydrogen-bond acceptors (Lipinski definition) is 4. The third kappa shape index (κ3) is 1.93. The molecule has 4 rings (SSSR count). The van der Waals surface area contributed by atoms with Gasteiger partial charge in [-0.1, -0.05) is 42.5 Å².